The number of nitrogens with zero attached hydrogens (tertiary/aromatic N) is 3. The van der Waals surface area contributed by atoms with Gasteiger partial charge in [0.25, 0.3) is 5.91 Å². The number of para-hydroxylation sites is 1. The summed E-state index contributed by atoms with van der Waals surface area (Å²) in [6, 6.07) is 14.4. The van der Waals surface area contributed by atoms with Gasteiger partial charge in [-0.25, -0.2) is 4.68 Å². The predicted molar refractivity (Wildman–Crippen MR) is 144 cm³/mol. The lowest BCUT2D eigenvalue weighted by molar-refractivity contribution is -0.117. The Bertz CT molecular complexity index is 1230. The summed E-state index contributed by atoms with van der Waals surface area (Å²) >= 11 is 12.1. The first-order chi connectivity index (χ1) is 17.0. The number of carbonyl (C=O) groups excluding carboxylic acids is 2. The van der Waals surface area contributed by atoms with Crippen LogP contribution < -0.4 is 5.32 Å². The summed E-state index contributed by atoms with van der Waals surface area (Å²) in [6.07, 6.45) is 0.576. The predicted octanol–water partition coefficient (Wildman–Crippen LogP) is 5.90. The summed E-state index contributed by atoms with van der Waals surface area (Å²) < 4.78 is 6.87. The first-order valence-electron chi connectivity index (χ1n) is 11.7. The summed E-state index contributed by atoms with van der Waals surface area (Å²) in [5.41, 5.74) is 2.86. The molecule has 0 bridgehead atoms. The Morgan fingerprint density at radius 1 is 1.08 bits per heavy atom. The summed E-state index contributed by atoms with van der Waals surface area (Å²) in [4.78, 5) is 27.9. The molecule has 2 aromatic carbocycles. The molecule has 36 heavy (non-hydrogen) atoms. The van der Waals surface area contributed by atoms with Crippen molar-refractivity contribution in [1.29, 1.82) is 0 Å². The molecule has 0 saturated heterocycles. The Balaban J connectivity index is 1.87. The van der Waals surface area contributed by atoms with Gasteiger partial charge in [-0.3, -0.25) is 9.59 Å². The molecule has 1 aromatic heterocycles. The van der Waals surface area contributed by atoms with Gasteiger partial charge in [-0.1, -0.05) is 62.2 Å². The third kappa shape index (κ3) is 6.87. The smallest absolute Gasteiger partial charge is 0.254 e. The maximum atomic E-state index is 13.2. The minimum atomic E-state index is -0.337. The number of nitrogens with one attached hydrogen (secondary N) is 1. The topological polar surface area (TPSA) is 76.5 Å². The lowest BCUT2D eigenvalue weighted by Gasteiger charge is -2.22. The summed E-state index contributed by atoms with van der Waals surface area (Å²) in [5.74, 6) is -0.114. The number of rotatable bonds is 9. The molecule has 3 rings (SSSR count). The van der Waals surface area contributed by atoms with E-state index in [1.807, 2.05) is 37.3 Å². The number of methoxy groups -OCH3 is 1. The molecule has 1 N–H and O–H groups in total. The zero-order valence-electron chi connectivity index (χ0n) is 21.3. The monoisotopic (exact) mass is 530 g/mol. The van der Waals surface area contributed by atoms with Gasteiger partial charge in [-0.15, -0.1) is 0 Å². The summed E-state index contributed by atoms with van der Waals surface area (Å²) in [5, 5.41) is 8.39. The van der Waals surface area contributed by atoms with Crippen LogP contribution in [0.3, 0.4) is 0 Å². The highest BCUT2D eigenvalue weighted by atomic mass is 35.5. The van der Waals surface area contributed by atoms with Crippen molar-refractivity contribution in [3.05, 3.63) is 75.4 Å². The highest BCUT2D eigenvalue weighted by Gasteiger charge is 2.24. The Labute approximate surface area is 222 Å². The second-order valence-electron chi connectivity index (χ2n) is 9.61. The van der Waals surface area contributed by atoms with Crippen LogP contribution in [0.25, 0.3) is 5.69 Å². The van der Waals surface area contributed by atoms with Crippen LogP contribution in [-0.4, -0.2) is 53.3 Å². The first-order valence-corrected chi connectivity index (χ1v) is 12.5. The zero-order chi connectivity index (χ0) is 26.5. The second kappa shape index (κ2) is 11.9. The normalized spacial score (nSPS) is 11.4. The lowest BCUT2D eigenvalue weighted by Crippen LogP contribution is -2.39. The van der Waals surface area contributed by atoms with Gasteiger partial charge >= 0.3 is 0 Å². The Kier molecular flexibility index (Phi) is 9.17. The third-order valence-electron chi connectivity index (χ3n) is 5.65. The van der Waals surface area contributed by atoms with Gasteiger partial charge < -0.3 is 15.0 Å². The van der Waals surface area contributed by atoms with Gasteiger partial charge in [-0.2, -0.15) is 5.10 Å². The highest BCUT2D eigenvalue weighted by Crippen LogP contribution is 2.28. The summed E-state index contributed by atoms with van der Waals surface area (Å²) in [6.45, 7) is 8.84. The van der Waals surface area contributed by atoms with Crippen molar-refractivity contribution in [1.82, 2.24) is 14.7 Å². The zero-order valence-corrected chi connectivity index (χ0v) is 22.8. The van der Waals surface area contributed by atoms with Gasteiger partial charge in [0.15, 0.2) is 0 Å². The minimum Gasteiger partial charge on any atom is -0.385 e. The molecule has 3 aromatic rings. The number of benzene rings is 2. The molecule has 1 heterocycles. The first kappa shape index (κ1) is 27.7. The minimum absolute atomic E-state index is 0.146. The van der Waals surface area contributed by atoms with Crippen LogP contribution in [0.4, 0.5) is 5.82 Å². The molecular formula is C27H32Cl2N4O3. The molecule has 0 aliphatic carbocycles. The fourth-order valence-electron chi connectivity index (χ4n) is 3.64. The number of carbonyl (C=O) groups is 2. The van der Waals surface area contributed by atoms with E-state index in [9.17, 15) is 9.59 Å². The van der Waals surface area contributed by atoms with Crippen molar-refractivity contribution in [2.75, 3.05) is 32.1 Å². The Morgan fingerprint density at radius 2 is 1.81 bits per heavy atom. The highest BCUT2D eigenvalue weighted by molar-refractivity contribution is 6.42. The van der Waals surface area contributed by atoms with Crippen LogP contribution in [-0.2, 0) is 14.9 Å². The lowest BCUT2D eigenvalue weighted by atomic mass is 9.92. The Hall–Kier alpha value is -2.87. The van der Waals surface area contributed by atoms with Crippen molar-refractivity contribution in [2.24, 2.45) is 0 Å². The van der Waals surface area contributed by atoms with Crippen LogP contribution in [0.2, 0.25) is 10.0 Å². The molecule has 0 aliphatic heterocycles. The number of anilines is 1. The van der Waals surface area contributed by atoms with E-state index in [1.54, 1.807) is 23.9 Å². The maximum absolute atomic E-state index is 13.2. The number of halogens is 2. The average molecular weight is 531 g/mol. The maximum Gasteiger partial charge on any atom is 0.254 e. The molecule has 0 atom stereocenters. The number of amides is 2. The quantitative estimate of drug-likeness (QED) is 0.349. The largest absolute Gasteiger partial charge is 0.385 e. The SMILES string of the molecule is COCCCN(CC(=O)Nc1cc(C(C)(C)C)nn1-c1ccccc1C)C(=O)c1ccc(Cl)c(Cl)c1. The fourth-order valence-corrected chi connectivity index (χ4v) is 3.94. The van der Waals surface area contributed by atoms with Crippen LogP contribution in [0, 0.1) is 6.92 Å². The fraction of sp³-hybridized carbons (Fsp3) is 0.370. The molecule has 0 saturated carbocycles. The van der Waals surface area contributed by atoms with Gasteiger partial charge in [0, 0.05) is 37.3 Å². The Morgan fingerprint density at radius 3 is 2.44 bits per heavy atom. The van der Waals surface area contributed by atoms with E-state index in [0.717, 1.165) is 16.9 Å². The van der Waals surface area contributed by atoms with Crippen molar-refractivity contribution < 1.29 is 14.3 Å². The molecule has 9 heteroatoms. The van der Waals surface area contributed by atoms with Crippen molar-refractivity contribution in [3.63, 3.8) is 0 Å². The third-order valence-corrected chi connectivity index (χ3v) is 6.39. The number of hydrogen-bond donors (Lipinski definition) is 1. The number of ether oxygens (including phenoxy) is 1. The van der Waals surface area contributed by atoms with Crippen molar-refractivity contribution in [2.45, 2.75) is 39.5 Å². The molecule has 0 unspecified atom stereocenters. The van der Waals surface area contributed by atoms with Crippen LogP contribution >= 0.6 is 23.2 Å². The second-order valence-corrected chi connectivity index (χ2v) is 10.4. The van der Waals surface area contributed by atoms with E-state index in [2.05, 4.69) is 26.1 Å². The van der Waals surface area contributed by atoms with E-state index >= 15 is 0 Å². The standard InChI is InChI=1S/C27H32Cl2N4O3/c1-18-9-6-7-10-22(18)33-24(16-23(31-33)27(2,3)4)30-25(34)17-32(13-8-14-36-5)26(35)19-11-12-20(28)21(29)15-19/h6-7,9-12,15-16H,8,13-14,17H2,1-5H3,(H,30,34). The van der Waals surface area contributed by atoms with Gasteiger partial charge in [0.1, 0.15) is 12.4 Å². The molecule has 192 valence electrons. The van der Waals surface area contributed by atoms with E-state index in [0.29, 0.717) is 36.0 Å². The molecule has 2 amide bonds. The van der Waals surface area contributed by atoms with Gasteiger partial charge in [-0.05, 0) is 43.2 Å². The van der Waals surface area contributed by atoms with Crippen LogP contribution in [0.5, 0.6) is 0 Å². The number of aryl methyl sites for hydroxylation is 1. The number of aromatic nitrogens is 2. The van der Waals surface area contributed by atoms with Gasteiger partial charge in [0.05, 0.1) is 21.4 Å². The van der Waals surface area contributed by atoms with E-state index < -0.39 is 0 Å². The summed E-state index contributed by atoms with van der Waals surface area (Å²) in [7, 11) is 1.59. The molecule has 7 nitrogen and oxygen atoms in total. The van der Waals surface area contributed by atoms with Gasteiger partial charge in [0.2, 0.25) is 5.91 Å². The average Bonchev–Trinajstić information content (AvgIpc) is 3.24. The molecular weight excluding hydrogens is 499 g/mol. The molecule has 0 fully saturated rings. The number of hydrogen-bond acceptors (Lipinski definition) is 4. The van der Waals surface area contributed by atoms with Crippen LogP contribution in [0.1, 0.15) is 48.8 Å². The molecule has 0 aliphatic rings. The van der Waals surface area contributed by atoms with E-state index in [-0.39, 0.29) is 28.8 Å². The van der Waals surface area contributed by atoms with E-state index in [4.69, 9.17) is 33.0 Å². The van der Waals surface area contributed by atoms with Crippen molar-refractivity contribution >= 4 is 40.8 Å². The molecule has 0 spiro atoms. The van der Waals surface area contributed by atoms with Crippen molar-refractivity contribution in [3.8, 4) is 5.69 Å². The van der Waals surface area contributed by atoms with Crippen LogP contribution in [0.15, 0.2) is 48.5 Å². The molecule has 0 radical (unpaired) electrons. The van der Waals surface area contributed by atoms with E-state index in [1.165, 1.54) is 11.0 Å².